The molecule has 0 fully saturated rings. The highest BCUT2D eigenvalue weighted by Crippen LogP contribution is 2.22. The lowest BCUT2D eigenvalue weighted by Crippen LogP contribution is -2.40. The molecule has 1 aliphatic rings. The summed E-state index contributed by atoms with van der Waals surface area (Å²) in [6.07, 6.45) is 3.31. The third kappa shape index (κ3) is 6.15. The lowest BCUT2D eigenvalue weighted by atomic mass is 10.1. The lowest BCUT2D eigenvalue weighted by Gasteiger charge is -2.30. The van der Waals surface area contributed by atoms with Crippen LogP contribution in [0.15, 0.2) is 30.5 Å². The van der Waals surface area contributed by atoms with Gasteiger partial charge in [-0.05, 0) is 50.5 Å². The van der Waals surface area contributed by atoms with E-state index in [-0.39, 0.29) is 11.8 Å². The van der Waals surface area contributed by atoms with E-state index < -0.39 is 15.4 Å². The van der Waals surface area contributed by atoms with Gasteiger partial charge in [-0.15, -0.1) is 0 Å². The first kappa shape index (κ1) is 21.0. The van der Waals surface area contributed by atoms with E-state index in [4.69, 9.17) is 4.74 Å². The number of carbonyl (C=O) groups is 1. The van der Waals surface area contributed by atoms with Crippen LogP contribution in [0.4, 0.5) is 16.4 Å². The Kier molecular flexibility index (Phi) is 5.79. The second-order valence-electron chi connectivity index (χ2n) is 8.21. The fourth-order valence-corrected chi connectivity index (χ4v) is 3.76. The SMILES string of the molecule is CC(C)(C)OC(=O)N1CCc2cnc(Nc3ccc(CS(C)(=O)=O)cc3)nc2C1. The quantitative estimate of drug-likeness (QED) is 0.814. The van der Waals surface area contributed by atoms with Crippen LogP contribution in [0, 0.1) is 0 Å². The van der Waals surface area contributed by atoms with Gasteiger partial charge in [0.1, 0.15) is 5.60 Å². The Bertz CT molecular complexity index is 998. The molecule has 156 valence electrons. The molecule has 0 atom stereocenters. The van der Waals surface area contributed by atoms with Crippen LogP contribution in [0.3, 0.4) is 0 Å². The zero-order valence-electron chi connectivity index (χ0n) is 17.1. The van der Waals surface area contributed by atoms with Crippen molar-refractivity contribution in [3.8, 4) is 0 Å². The number of nitrogens with one attached hydrogen (secondary N) is 1. The molecule has 2 heterocycles. The van der Waals surface area contributed by atoms with E-state index in [1.165, 1.54) is 6.26 Å². The maximum absolute atomic E-state index is 12.3. The van der Waals surface area contributed by atoms with Crippen LogP contribution in [0.5, 0.6) is 0 Å². The third-order valence-corrected chi connectivity index (χ3v) is 5.09. The van der Waals surface area contributed by atoms with Gasteiger partial charge >= 0.3 is 6.09 Å². The van der Waals surface area contributed by atoms with Crippen molar-refractivity contribution < 1.29 is 17.9 Å². The van der Waals surface area contributed by atoms with Crippen molar-refractivity contribution in [2.24, 2.45) is 0 Å². The van der Waals surface area contributed by atoms with E-state index in [9.17, 15) is 13.2 Å². The van der Waals surface area contributed by atoms with E-state index in [1.807, 2.05) is 20.8 Å². The maximum atomic E-state index is 12.3. The Morgan fingerprint density at radius 2 is 1.93 bits per heavy atom. The highest BCUT2D eigenvalue weighted by Gasteiger charge is 2.26. The molecule has 0 aliphatic carbocycles. The summed E-state index contributed by atoms with van der Waals surface area (Å²) in [5, 5.41) is 3.12. The molecule has 1 aliphatic heterocycles. The van der Waals surface area contributed by atoms with Gasteiger partial charge < -0.3 is 15.0 Å². The van der Waals surface area contributed by atoms with Crippen molar-refractivity contribution in [3.05, 3.63) is 47.3 Å². The van der Waals surface area contributed by atoms with Crippen molar-refractivity contribution in [3.63, 3.8) is 0 Å². The van der Waals surface area contributed by atoms with Crippen molar-refractivity contribution in [1.29, 1.82) is 0 Å². The summed E-state index contributed by atoms with van der Waals surface area (Å²) < 4.78 is 28.2. The normalized spacial score (nSPS) is 14.3. The molecular weight excluding hydrogens is 392 g/mol. The smallest absolute Gasteiger partial charge is 0.410 e. The van der Waals surface area contributed by atoms with Gasteiger partial charge in [0.25, 0.3) is 0 Å². The topological polar surface area (TPSA) is 101 Å². The van der Waals surface area contributed by atoms with Crippen LogP contribution in [-0.4, -0.2) is 47.8 Å². The van der Waals surface area contributed by atoms with Crippen LogP contribution in [0.25, 0.3) is 0 Å². The molecular formula is C20H26N4O4S. The number of carbonyl (C=O) groups excluding carboxylic acids is 1. The van der Waals surface area contributed by atoms with Crippen LogP contribution in [0.2, 0.25) is 0 Å². The minimum absolute atomic E-state index is 0.00310. The molecule has 0 unspecified atom stereocenters. The number of sulfone groups is 1. The minimum atomic E-state index is -3.07. The van der Waals surface area contributed by atoms with Gasteiger partial charge in [-0.1, -0.05) is 12.1 Å². The molecule has 1 N–H and O–H groups in total. The number of amides is 1. The summed E-state index contributed by atoms with van der Waals surface area (Å²) >= 11 is 0. The number of ether oxygens (including phenoxy) is 1. The molecule has 0 spiro atoms. The van der Waals surface area contributed by atoms with Gasteiger partial charge in [-0.25, -0.2) is 23.2 Å². The third-order valence-electron chi connectivity index (χ3n) is 4.24. The summed E-state index contributed by atoms with van der Waals surface area (Å²) in [5.74, 6) is 0.425. The second kappa shape index (κ2) is 7.98. The number of nitrogens with zero attached hydrogens (tertiary/aromatic N) is 3. The first-order chi connectivity index (χ1) is 13.5. The number of rotatable bonds is 4. The standard InChI is InChI=1S/C20H26N4O4S/c1-20(2,3)28-19(25)24-10-9-15-11-21-18(23-17(15)12-24)22-16-7-5-14(6-8-16)13-29(4,26)27/h5-8,11H,9-10,12-13H2,1-4H3,(H,21,22,23). The molecule has 3 rings (SSSR count). The van der Waals surface area contributed by atoms with Crippen LogP contribution in [-0.2, 0) is 33.3 Å². The van der Waals surface area contributed by atoms with E-state index in [0.29, 0.717) is 25.5 Å². The van der Waals surface area contributed by atoms with Crippen LogP contribution < -0.4 is 5.32 Å². The molecule has 9 heteroatoms. The van der Waals surface area contributed by atoms with Crippen molar-refractivity contribution in [2.45, 2.75) is 45.1 Å². The summed E-state index contributed by atoms with van der Waals surface area (Å²) in [6, 6.07) is 7.09. The van der Waals surface area contributed by atoms with Gasteiger partial charge in [-0.3, -0.25) is 0 Å². The van der Waals surface area contributed by atoms with Crippen molar-refractivity contribution in [1.82, 2.24) is 14.9 Å². The zero-order valence-corrected chi connectivity index (χ0v) is 17.9. The van der Waals surface area contributed by atoms with E-state index in [0.717, 1.165) is 22.5 Å². The molecule has 29 heavy (non-hydrogen) atoms. The highest BCUT2D eigenvalue weighted by atomic mass is 32.2. The van der Waals surface area contributed by atoms with Crippen molar-refractivity contribution in [2.75, 3.05) is 18.1 Å². The van der Waals surface area contributed by atoms with Gasteiger partial charge in [0.2, 0.25) is 5.95 Å². The Morgan fingerprint density at radius 1 is 1.24 bits per heavy atom. The van der Waals surface area contributed by atoms with Crippen LogP contribution in [0.1, 0.15) is 37.6 Å². The minimum Gasteiger partial charge on any atom is -0.444 e. The number of anilines is 2. The predicted molar refractivity (Wildman–Crippen MR) is 111 cm³/mol. The molecule has 0 saturated carbocycles. The molecule has 0 saturated heterocycles. The molecule has 0 bridgehead atoms. The molecule has 2 aromatic rings. The maximum Gasteiger partial charge on any atom is 0.410 e. The zero-order chi connectivity index (χ0) is 21.2. The Morgan fingerprint density at radius 3 is 2.55 bits per heavy atom. The average Bonchev–Trinajstić information content (AvgIpc) is 2.60. The lowest BCUT2D eigenvalue weighted by molar-refractivity contribution is 0.0220. The first-order valence-corrected chi connectivity index (χ1v) is 11.4. The second-order valence-corrected chi connectivity index (χ2v) is 10.3. The summed E-state index contributed by atoms with van der Waals surface area (Å²) in [4.78, 5) is 22.9. The Balaban J connectivity index is 1.69. The fraction of sp³-hybridized carbons (Fsp3) is 0.450. The molecule has 1 aromatic heterocycles. The predicted octanol–water partition coefficient (Wildman–Crippen LogP) is 3.06. The number of aromatic nitrogens is 2. The molecule has 8 nitrogen and oxygen atoms in total. The first-order valence-electron chi connectivity index (χ1n) is 9.35. The van der Waals surface area contributed by atoms with E-state index in [1.54, 1.807) is 35.4 Å². The largest absolute Gasteiger partial charge is 0.444 e. The summed E-state index contributed by atoms with van der Waals surface area (Å²) in [7, 11) is -3.07. The Hall–Kier alpha value is -2.68. The van der Waals surface area contributed by atoms with Crippen LogP contribution >= 0.6 is 0 Å². The van der Waals surface area contributed by atoms with Gasteiger partial charge in [0, 0.05) is 24.7 Å². The van der Waals surface area contributed by atoms with Gasteiger partial charge in [-0.2, -0.15) is 0 Å². The molecule has 1 amide bonds. The summed E-state index contributed by atoms with van der Waals surface area (Å²) in [6.45, 7) is 6.46. The number of fused-ring (bicyclic) bond motifs is 1. The number of hydrogen-bond donors (Lipinski definition) is 1. The Labute approximate surface area is 171 Å². The highest BCUT2D eigenvalue weighted by molar-refractivity contribution is 7.89. The number of benzene rings is 1. The van der Waals surface area contributed by atoms with Gasteiger partial charge in [0.05, 0.1) is 18.0 Å². The summed E-state index contributed by atoms with van der Waals surface area (Å²) in [5.41, 5.74) is 2.73. The van der Waals surface area contributed by atoms with Crippen molar-refractivity contribution >= 4 is 27.6 Å². The number of hydrogen-bond acceptors (Lipinski definition) is 7. The van der Waals surface area contributed by atoms with Gasteiger partial charge in [0.15, 0.2) is 9.84 Å². The molecule has 0 radical (unpaired) electrons. The van der Waals surface area contributed by atoms with E-state index >= 15 is 0 Å². The average molecular weight is 419 g/mol. The monoisotopic (exact) mass is 418 g/mol. The fourth-order valence-electron chi connectivity index (χ4n) is 2.96. The van der Waals surface area contributed by atoms with E-state index in [2.05, 4.69) is 15.3 Å². The molecule has 1 aromatic carbocycles.